The molecule has 2 aliphatic heterocycles. The van der Waals surface area contributed by atoms with E-state index in [1.165, 1.54) is 0 Å². The van der Waals surface area contributed by atoms with Gasteiger partial charge in [0, 0.05) is 19.6 Å². The predicted octanol–water partition coefficient (Wildman–Crippen LogP) is 2.46. The van der Waals surface area contributed by atoms with Crippen LogP contribution in [0.4, 0.5) is 0 Å². The van der Waals surface area contributed by atoms with Crippen molar-refractivity contribution in [2.75, 3.05) is 19.8 Å². The van der Waals surface area contributed by atoms with Crippen molar-refractivity contribution in [3.05, 3.63) is 0 Å². The Morgan fingerprint density at radius 1 is 1.39 bits per heavy atom. The highest BCUT2D eigenvalue weighted by Gasteiger charge is 2.50. The Morgan fingerprint density at radius 3 is 2.61 bits per heavy atom. The summed E-state index contributed by atoms with van der Waals surface area (Å²) in [6.07, 6.45) is 3.99. The normalized spacial score (nSPS) is 32.9. The topological polar surface area (TPSA) is 55.8 Å². The zero-order valence-electron chi connectivity index (χ0n) is 11.4. The van der Waals surface area contributed by atoms with Crippen LogP contribution in [0.25, 0.3) is 0 Å². The largest absolute Gasteiger partial charge is 0.481 e. The number of carboxylic acids is 1. The maximum absolute atomic E-state index is 11.7. The molecule has 1 N–H and O–H groups in total. The van der Waals surface area contributed by atoms with E-state index in [0.717, 1.165) is 25.9 Å². The molecule has 2 unspecified atom stereocenters. The van der Waals surface area contributed by atoms with Crippen LogP contribution in [0.2, 0.25) is 0 Å². The molecule has 0 aliphatic carbocycles. The fraction of sp³-hybridized carbons (Fsp3) is 0.929. The molecule has 0 aromatic heterocycles. The third kappa shape index (κ3) is 2.16. The molecule has 0 aromatic carbocycles. The minimum Gasteiger partial charge on any atom is -0.481 e. The minimum absolute atomic E-state index is 0.200. The molecule has 0 saturated carbocycles. The molecule has 4 nitrogen and oxygen atoms in total. The Hall–Kier alpha value is -0.610. The average molecular weight is 256 g/mol. The van der Waals surface area contributed by atoms with E-state index in [4.69, 9.17) is 9.47 Å². The fourth-order valence-corrected chi connectivity index (χ4v) is 3.67. The molecule has 18 heavy (non-hydrogen) atoms. The molecule has 2 rings (SSSR count). The Morgan fingerprint density at radius 2 is 2.11 bits per heavy atom. The summed E-state index contributed by atoms with van der Waals surface area (Å²) in [6, 6.07) is 0. The Balaban J connectivity index is 2.18. The average Bonchev–Trinajstić information content (AvgIpc) is 2.79. The van der Waals surface area contributed by atoms with Crippen molar-refractivity contribution in [1.29, 1.82) is 0 Å². The van der Waals surface area contributed by atoms with Gasteiger partial charge in [0.05, 0.1) is 17.6 Å². The Bertz CT molecular complexity index is 303. The molecular weight excluding hydrogens is 232 g/mol. The number of hydrogen-bond donors (Lipinski definition) is 1. The number of rotatable bonds is 4. The summed E-state index contributed by atoms with van der Waals surface area (Å²) in [5.41, 5.74) is -0.784. The molecule has 2 atom stereocenters. The molecule has 0 radical (unpaired) electrons. The summed E-state index contributed by atoms with van der Waals surface area (Å²) in [7, 11) is 0. The number of ether oxygens (including phenoxy) is 2. The van der Waals surface area contributed by atoms with E-state index in [0.29, 0.717) is 26.1 Å². The van der Waals surface area contributed by atoms with Gasteiger partial charge in [0.25, 0.3) is 0 Å². The number of carbonyl (C=O) groups is 1. The lowest BCUT2D eigenvalue weighted by atomic mass is 9.65. The van der Waals surface area contributed by atoms with Gasteiger partial charge in [0.15, 0.2) is 0 Å². The van der Waals surface area contributed by atoms with Crippen LogP contribution in [0, 0.1) is 11.3 Å². The van der Waals surface area contributed by atoms with Crippen molar-refractivity contribution in [1.82, 2.24) is 0 Å². The number of aliphatic carboxylic acids is 1. The zero-order valence-corrected chi connectivity index (χ0v) is 11.4. The summed E-state index contributed by atoms with van der Waals surface area (Å²) < 4.78 is 11.4. The summed E-state index contributed by atoms with van der Waals surface area (Å²) in [6.45, 7) is 6.02. The van der Waals surface area contributed by atoms with Gasteiger partial charge in [-0.05, 0) is 31.6 Å². The summed E-state index contributed by atoms with van der Waals surface area (Å²) in [4.78, 5) is 11.7. The van der Waals surface area contributed by atoms with Gasteiger partial charge in [-0.25, -0.2) is 0 Å². The van der Waals surface area contributed by atoms with Crippen molar-refractivity contribution in [3.8, 4) is 0 Å². The second kappa shape index (κ2) is 5.17. The molecule has 0 aromatic rings. The Kier molecular flexibility index (Phi) is 3.97. The van der Waals surface area contributed by atoms with Gasteiger partial charge >= 0.3 is 5.97 Å². The third-order valence-corrected chi connectivity index (χ3v) is 5.03. The lowest BCUT2D eigenvalue weighted by molar-refractivity contribution is -0.164. The van der Waals surface area contributed by atoms with E-state index in [1.54, 1.807) is 0 Å². The van der Waals surface area contributed by atoms with E-state index in [1.807, 2.05) is 13.8 Å². The summed E-state index contributed by atoms with van der Waals surface area (Å²) in [5.74, 6) is -0.436. The van der Waals surface area contributed by atoms with Crippen LogP contribution < -0.4 is 0 Å². The first-order chi connectivity index (χ1) is 8.58. The Labute approximate surface area is 109 Å². The van der Waals surface area contributed by atoms with Crippen LogP contribution in [0.1, 0.15) is 46.0 Å². The highest BCUT2D eigenvalue weighted by molar-refractivity contribution is 5.75. The number of hydrogen-bond acceptors (Lipinski definition) is 3. The van der Waals surface area contributed by atoms with Crippen LogP contribution in [-0.2, 0) is 14.3 Å². The van der Waals surface area contributed by atoms with Gasteiger partial charge in [-0.2, -0.15) is 0 Å². The van der Waals surface area contributed by atoms with E-state index in [2.05, 4.69) is 0 Å². The van der Waals surface area contributed by atoms with Gasteiger partial charge in [-0.1, -0.05) is 13.8 Å². The molecule has 0 bridgehead atoms. The second-order valence-electron chi connectivity index (χ2n) is 5.69. The first-order valence-corrected chi connectivity index (χ1v) is 7.04. The maximum Gasteiger partial charge on any atom is 0.309 e. The van der Waals surface area contributed by atoms with E-state index in [9.17, 15) is 9.90 Å². The van der Waals surface area contributed by atoms with Crippen LogP contribution in [0.3, 0.4) is 0 Å². The van der Waals surface area contributed by atoms with Gasteiger partial charge in [0.1, 0.15) is 0 Å². The lowest BCUT2D eigenvalue weighted by Crippen LogP contribution is -2.48. The second-order valence-corrected chi connectivity index (χ2v) is 5.69. The van der Waals surface area contributed by atoms with Crippen LogP contribution in [0.15, 0.2) is 0 Å². The highest BCUT2D eigenvalue weighted by Crippen LogP contribution is 2.47. The molecule has 104 valence electrons. The van der Waals surface area contributed by atoms with Crippen molar-refractivity contribution in [3.63, 3.8) is 0 Å². The first kappa shape index (κ1) is 13.8. The maximum atomic E-state index is 11.7. The standard InChI is InChI=1S/C14H24O4/c1-3-14(4-2,12(15)16)11-5-7-18-13(9-11)6-8-17-10-13/h11H,3-10H2,1-2H3,(H,15,16). The van der Waals surface area contributed by atoms with Crippen LogP contribution in [0.5, 0.6) is 0 Å². The SMILES string of the molecule is CCC(CC)(C(=O)O)C1CCOC2(CCOC2)C1. The van der Waals surface area contributed by atoms with Gasteiger partial charge in [-0.3, -0.25) is 4.79 Å². The quantitative estimate of drug-likeness (QED) is 0.839. The van der Waals surface area contributed by atoms with Gasteiger partial charge in [-0.15, -0.1) is 0 Å². The third-order valence-electron chi connectivity index (χ3n) is 5.03. The lowest BCUT2D eigenvalue weighted by Gasteiger charge is -2.44. The van der Waals surface area contributed by atoms with E-state index < -0.39 is 11.4 Å². The van der Waals surface area contributed by atoms with Crippen molar-refractivity contribution < 1.29 is 19.4 Å². The van der Waals surface area contributed by atoms with E-state index >= 15 is 0 Å². The predicted molar refractivity (Wildman–Crippen MR) is 67.5 cm³/mol. The summed E-state index contributed by atoms with van der Waals surface area (Å²) in [5, 5.41) is 9.64. The molecule has 2 aliphatic rings. The van der Waals surface area contributed by atoms with Gasteiger partial charge in [0.2, 0.25) is 0 Å². The van der Waals surface area contributed by atoms with Crippen molar-refractivity contribution in [2.45, 2.75) is 51.6 Å². The van der Waals surface area contributed by atoms with E-state index in [-0.39, 0.29) is 11.5 Å². The summed E-state index contributed by atoms with van der Waals surface area (Å²) >= 11 is 0. The molecule has 2 saturated heterocycles. The van der Waals surface area contributed by atoms with Crippen LogP contribution >= 0.6 is 0 Å². The van der Waals surface area contributed by atoms with Crippen molar-refractivity contribution in [2.24, 2.45) is 11.3 Å². The minimum atomic E-state index is -0.645. The zero-order chi connectivity index (χ0) is 13.2. The monoisotopic (exact) mass is 256 g/mol. The highest BCUT2D eigenvalue weighted by atomic mass is 16.6. The van der Waals surface area contributed by atoms with Gasteiger partial charge < -0.3 is 14.6 Å². The molecular formula is C14H24O4. The molecule has 2 fully saturated rings. The number of carboxylic acid groups (broad SMARTS) is 1. The van der Waals surface area contributed by atoms with Crippen molar-refractivity contribution >= 4 is 5.97 Å². The smallest absolute Gasteiger partial charge is 0.309 e. The van der Waals surface area contributed by atoms with Crippen LogP contribution in [-0.4, -0.2) is 36.5 Å². The fourth-order valence-electron chi connectivity index (χ4n) is 3.67. The molecule has 2 heterocycles. The first-order valence-electron chi connectivity index (χ1n) is 7.04. The molecule has 1 spiro atoms. The molecule has 0 amide bonds. The molecule has 4 heteroatoms.